The second-order valence-electron chi connectivity index (χ2n) is 6.49. The first-order valence-corrected chi connectivity index (χ1v) is 7.42. The third kappa shape index (κ3) is 7.36. The average molecular weight is 286 g/mol. The first-order valence-electron chi connectivity index (χ1n) is 7.42. The molecular weight excluding hydrogens is 256 g/mol. The topological polar surface area (TPSA) is 69.6 Å². The lowest BCUT2D eigenvalue weighted by Crippen LogP contribution is -2.47. The maximum absolute atomic E-state index is 12.2. The zero-order valence-corrected chi connectivity index (χ0v) is 13.6. The van der Waals surface area contributed by atoms with Gasteiger partial charge in [0.2, 0.25) is 0 Å². The molecule has 2 amide bonds. The van der Waals surface area contributed by atoms with Gasteiger partial charge in [0.05, 0.1) is 5.92 Å². The molecule has 0 fully saturated rings. The Hall–Kier alpha value is -1.26. The van der Waals surface area contributed by atoms with E-state index in [4.69, 9.17) is 5.11 Å². The van der Waals surface area contributed by atoms with E-state index in [2.05, 4.69) is 19.2 Å². The Kier molecular flexibility index (Phi) is 8.26. The highest BCUT2D eigenvalue weighted by Gasteiger charge is 2.22. The van der Waals surface area contributed by atoms with Crippen LogP contribution in [0.1, 0.15) is 48.0 Å². The predicted molar refractivity (Wildman–Crippen MR) is 80.7 cm³/mol. The Morgan fingerprint density at radius 3 is 1.95 bits per heavy atom. The van der Waals surface area contributed by atoms with Gasteiger partial charge in [-0.1, -0.05) is 27.7 Å². The minimum Gasteiger partial charge on any atom is -0.481 e. The van der Waals surface area contributed by atoms with Crippen LogP contribution in [0.25, 0.3) is 0 Å². The number of carboxylic acid groups (broad SMARTS) is 1. The predicted octanol–water partition coefficient (Wildman–Crippen LogP) is 2.81. The summed E-state index contributed by atoms with van der Waals surface area (Å²) >= 11 is 0. The molecule has 0 aliphatic heterocycles. The molecule has 1 atom stereocenters. The van der Waals surface area contributed by atoms with Crippen LogP contribution in [0.2, 0.25) is 0 Å². The lowest BCUT2D eigenvalue weighted by molar-refractivity contribution is -0.142. The highest BCUT2D eigenvalue weighted by atomic mass is 16.4. The molecule has 0 spiro atoms. The number of nitrogens with zero attached hydrogens (tertiary/aromatic N) is 1. The van der Waals surface area contributed by atoms with Crippen molar-refractivity contribution in [2.45, 2.75) is 54.0 Å². The van der Waals surface area contributed by atoms with Gasteiger partial charge >= 0.3 is 12.0 Å². The Bertz CT molecular complexity index is 314. The molecule has 0 rings (SSSR count). The van der Waals surface area contributed by atoms with Crippen LogP contribution in [0.5, 0.6) is 0 Å². The van der Waals surface area contributed by atoms with Gasteiger partial charge in [-0.2, -0.15) is 0 Å². The van der Waals surface area contributed by atoms with Gasteiger partial charge in [0.25, 0.3) is 0 Å². The summed E-state index contributed by atoms with van der Waals surface area (Å²) in [4.78, 5) is 25.1. The maximum Gasteiger partial charge on any atom is 0.317 e. The molecular formula is C15H30N2O3. The Morgan fingerprint density at radius 1 is 1.05 bits per heavy atom. The van der Waals surface area contributed by atoms with Crippen LogP contribution in [-0.4, -0.2) is 41.1 Å². The van der Waals surface area contributed by atoms with Gasteiger partial charge < -0.3 is 15.3 Å². The van der Waals surface area contributed by atoms with E-state index in [1.807, 2.05) is 27.7 Å². The number of carboxylic acids is 1. The summed E-state index contributed by atoms with van der Waals surface area (Å²) < 4.78 is 0. The summed E-state index contributed by atoms with van der Waals surface area (Å²) in [6.07, 6.45) is 0.571. The van der Waals surface area contributed by atoms with Crippen molar-refractivity contribution < 1.29 is 14.7 Å². The molecule has 5 nitrogen and oxygen atoms in total. The van der Waals surface area contributed by atoms with Crippen molar-refractivity contribution in [2.75, 3.05) is 13.1 Å². The maximum atomic E-state index is 12.2. The number of aliphatic carboxylic acids is 1. The van der Waals surface area contributed by atoms with Crippen molar-refractivity contribution in [3.8, 4) is 0 Å². The first-order chi connectivity index (χ1) is 9.15. The fraction of sp³-hybridized carbons (Fsp3) is 0.867. The van der Waals surface area contributed by atoms with Gasteiger partial charge in [-0.3, -0.25) is 4.79 Å². The van der Waals surface area contributed by atoms with Crippen molar-refractivity contribution in [1.82, 2.24) is 10.2 Å². The molecule has 0 saturated heterocycles. The second-order valence-corrected chi connectivity index (χ2v) is 6.49. The lowest BCUT2D eigenvalue weighted by atomic mass is 9.97. The molecule has 118 valence electrons. The van der Waals surface area contributed by atoms with Crippen LogP contribution in [0.4, 0.5) is 4.79 Å². The molecule has 20 heavy (non-hydrogen) atoms. The molecule has 0 radical (unpaired) electrons. The molecule has 0 saturated carbocycles. The largest absolute Gasteiger partial charge is 0.481 e. The summed E-state index contributed by atoms with van der Waals surface area (Å²) in [7, 11) is 0. The van der Waals surface area contributed by atoms with E-state index in [-0.39, 0.29) is 18.6 Å². The molecule has 0 aromatic heterocycles. The van der Waals surface area contributed by atoms with E-state index in [0.29, 0.717) is 24.8 Å². The van der Waals surface area contributed by atoms with Gasteiger partial charge in [0.15, 0.2) is 0 Å². The SMILES string of the molecule is CC(C)CC(CNC(=O)N(CC(C)C)C(C)C)C(=O)O. The van der Waals surface area contributed by atoms with Gasteiger partial charge in [-0.25, -0.2) is 4.79 Å². The summed E-state index contributed by atoms with van der Waals surface area (Å²) in [5, 5.41) is 11.9. The first kappa shape index (κ1) is 18.7. The van der Waals surface area contributed by atoms with E-state index >= 15 is 0 Å². The van der Waals surface area contributed by atoms with Crippen LogP contribution >= 0.6 is 0 Å². The molecule has 5 heteroatoms. The van der Waals surface area contributed by atoms with E-state index in [9.17, 15) is 9.59 Å². The van der Waals surface area contributed by atoms with Crippen molar-refractivity contribution in [2.24, 2.45) is 17.8 Å². The number of rotatable bonds is 8. The minimum absolute atomic E-state index is 0.103. The number of urea groups is 1. The Labute approximate surface area is 122 Å². The summed E-state index contributed by atoms with van der Waals surface area (Å²) in [5.74, 6) is -0.690. The van der Waals surface area contributed by atoms with E-state index in [0.717, 1.165) is 0 Å². The molecule has 0 heterocycles. The van der Waals surface area contributed by atoms with Crippen LogP contribution in [0, 0.1) is 17.8 Å². The zero-order chi connectivity index (χ0) is 15.9. The van der Waals surface area contributed by atoms with Crippen molar-refractivity contribution in [1.29, 1.82) is 0 Å². The van der Waals surface area contributed by atoms with E-state index in [1.54, 1.807) is 4.90 Å². The van der Waals surface area contributed by atoms with Crippen molar-refractivity contribution in [3.05, 3.63) is 0 Å². The fourth-order valence-electron chi connectivity index (χ4n) is 2.07. The van der Waals surface area contributed by atoms with Gasteiger partial charge in [0, 0.05) is 19.1 Å². The molecule has 0 aliphatic rings. The Balaban J connectivity index is 4.51. The molecule has 0 bridgehead atoms. The summed E-state index contributed by atoms with van der Waals surface area (Å²) in [6.45, 7) is 12.9. The standard InChI is InChI=1S/C15H30N2O3/c1-10(2)7-13(14(18)19)8-16-15(20)17(12(5)6)9-11(3)4/h10-13H,7-9H2,1-6H3,(H,16,20)(H,18,19). The molecule has 0 aromatic rings. The summed E-state index contributed by atoms with van der Waals surface area (Å²) in [5.41, 5.74) is 0. The minimum atomic E-state index is -0.848. The second kappa shape index (κ2) is 8.82. The fourth-order valence-corrected chi connectivity index (χ4v) is 2.07. The Morgan fingerprint density at radius 2 is 1.60 bits per heavy atom. The number of hydrogen-bond donors (Lipinski definition) is 2. The van der Waals surface area contributed by atoms with E-state index in [1.165, 1.54) is 0 Å². The van der Waals surface area contributed by atoms with Crippen molar-refractivity contribution >= 4 is 12.0 Å². The lowest BCUT2D eigenvalue weighted by Gasteiger charge is -2.29. The van der Waals surface area contributed by atoms with Crippen LogP contribution in [0.3, 0.4) is 0 Å². The van der Waals surface area contributed by atoms with Crippen LogP contribution in [0.15, 0.2) is 0 Å². The van der Waals surface area contributed by atoms with Gasteiger partial charge in [0.1, 0.15) is 0 Å². The van der Waals surface area contributed by atoms with E-state index < -0.39 is 11.9 Å². The molecule has 1 unspecified atom stereocenters. The normalized spacial score (nSPS) is 12.8. The van der Waals surface area contributed by atoms with Gasteiger partial charge in [-0.05, 0) is 32.1 Å². The monoisotopic (exact) mass is 286 g/mol. The number of hydrogen-bond acceptors (Lipinski definition) is 2. The van der Waals surface area contributed by atoms with Crippen LogP contribution < -0.4 is 5.32 Å². The number of nitrogens with one attached hydrogen (secondary N) is 1. The highest BCUT2D eigenvalue weighted by molar-refractivity contribution is 5.76. The molecule has 0 aromatic carbocycles. The number of carbonyl (C=O) groups is 2. The van der Waals surface area contributed by atoms with Crippen molar-refractivity contribution in [3.63, 3.8) is 0 Å². The third-order valence-electron chi connectivity index (χ3n) is 3.05. The third-order valence-corrected chi connectivity index (χ3v) is 3.05. The smallest absolute Gasteiger partial charge is 0.317 e. The average Bonchev–Trinajstić information content (AvgIpc) is 2.29. The quantitative estimate of drug-likeness (QED) is 0.721. The number of carbonyl (C=O) groups excluding carboxylic acids is 1. The van der Waals surface area contributed by atoms with Gasteiger partial charge in [-0.15, -0.1) is 0 Å². The molecule has 2 N–H and O–H groups in total. The highest BCUT2D eigenvalue weighted by Crippen LogP contribution is 2.12. The molecule has 0 aliphatic carbocycles. The summed E-state index contributed by atoms with van der Waals surface area (Å²) in [6, 6.07) is -0.0746. The van der Waals surface area contributed by atoms with Crippen LogP contribution in [-0.2, 0) is 4.79 Å². The zero-order valence-electron chi connectivity index (χ0n) is 13.6. The number of amides is 2.